The van der Waals surface area contributed by atoms with E-state index in [1.807, 2.05) is 12.1 Å². The van der Waals surface area contributed by atoms with Crippen molar-refractivity contribution in [1.29, 1.82) is 0 Å². The van der Waals surface area contributed by atoms with Crippen molar-refractivity contribution in [1.82, 2.24) is 9.88 Å². The van der Waals surface area contributed by atoms with Crippen LogP contribution in [0.25, 0.3) is 0 Å². The topological polar surface area (TPSA) is 132 Å². The van der Waals surface area contributed by atoms with Gasteiger partial charge in [-0.2, -0.15) is 13.2 Å². The normalized spacial score (nSPS) is 14.3. The van der Waals surface area contributed by atoms with Crippen LogP contribution in [-0.2, 0) is 4.79 Å². The molecule has 37 heavy (non-hydrogen) atoms. The molecular formula is C24H29ClF3N3O6. The van der Waals surface area contributed by atoms with E-state index in [9.17, 15) is 28.2 Å². The maximum absolute atomic E-state index is 13.2. The van der Waals surface area contributed by atoms with Gasteiger partial charge in [-0.3, -0.25) is 9.78 Å². The van der Waals surface area contributed by atoms with Crippen LogP contribution in [0.1, 0.15) is 36.0 Å². The van der Waals surface area contributed by atoms with Gasteiger partial charge in [-0.1, -0.05) is 24.4 Å². The van der Waals surface area contributed by atoms with Crippen molar-refractivity contribution in [2.75, 3.05) is 31.6 Å². The molecule has 9 nitrogen and oxygen atoms in total. The summed E-state index contributed by atoms with van der Waals surface area (Å²) in [5, 5.41) is 29.9. The van der Waals surface area contributed by atoms with Gasteiger partial charge in [0.2, 0.25) is 0 Å². The molecule has 1 aliphatic carbocycles. The Hall–Kier alpha value is -3.09. The second-order valence-electron chi connectivity index (χ2n) is 8.22. The number of aromatic nitrogens is 1. The highest BCUT2D eigenvalue weighted by atomic mass is 35.5. The molecule has 1 atom stereocenters. The predicted molar refractivity (Wildman–Crippen MR) is 130 cm³/mol. The van der Waals surface area contributed by atoms with Crippen LogP contribution < -0.4 is 10.1 Å². The van der Waals surface area contributed by atoms with E-state index in [0.29, 0.717) is 29.5 Å². The first kappa shape index (κ1) is 30.1. The Kier molecular flexibility index (Phi) is 11.9. The second-order valence-corrected chi connectivity index (χ2v) is 8.66. The predicted octanol–water partition coefficient (Wildman–Crippen LogP) is 3.60. The van der Waals surface area contributed by atoms with Crippen LogP contribution in [0, 0.1) is 0 Å². The number of nitrogens with one attached hydrogen (secondary N) is 1. The number of aliphatic carboxylic acids is 1. The number of hydrogen-bond donors (Lipinski definition) is 4. The van der Waals surface area contributed by atoms with E-state index >= 15 is 0 Å². The lowest BCUT2D eigenvalue weighted by atomic mass is 10.1. The summed E-state index contributed by atoms with van der Waals surface area (Å²) < 4.78 is 37.5. The Balaban J connectivity index is 0.000000604. The zero-order chi connectivity index (χ0) is 27.4. The fourth-order valence-corrected chi connectivity index (χ4v) is 3.89. The molecule has 0 aliphatic heterocycles. The smallest absolute Gasteiger partial charge is 0.490 e. The Morgan fingerprint density at radius 2 is 1.81 bits per heavy atom. The van der Waals surface area contributed by atoms with Crippen molar-refractivity contribution in [3.8, 4) is 5.75 Å². The number of carboxylic acids is 1. The largest absolute Gasteiger partial charge is 0.492 e. The molecule has 0 radical (unpaired) electrons. The average Bonchev–Trinajstić information content (AvgIpc) is 3.39. The van der Waals surface area contributed by atoms with Crippen molar-refractivity contribution in [2.45, 2.75) is 44.0 Å². The van der Waals surface area contributed by atoms with Gasteiger partial charge in [0.05, 0.1) is 12.7 Å². The third-order valence-electron chi connectivity index (χ3n) is 5.39. The maximum atomic E-state index is 13.2. The lowest BCUT2D eigenvalue weighted by molar-refractivity contribution is -0.192. The van der Waals surface area contributed by atoms with Crippen LogP contribution in [0.2, 0.25) is 5.02 Å². The molecule has 3 rings (SSSR count). The van der Waals surface area contributed by atoms with Crippen molar-refractivity contribution < 1.29 is 42.8 Å². The van der Waals surface area contributed by atoms with E-state index in [1.54, 1.807) is 35.5 Å². The fraction of sp³-hybridized carbons (Fsp3) is 0.458. The number of carbonyl (C=O) groups excluding carboxylic acids is 1. The first-order chi connectivity index (χ1) is 17.5. The lowest BCUT2D eigenvalue weighted by Crippen LogP contribution is -2.44. The third kappa shape index (κ3) is 10.4. The number of anilines is 1. The maximum Gasteiger partial charge on any atom is 0.490 e. The molecule has 0 spiro atoms. The van der Waals surface area contributed by atoms with Crippen LogP contribution in [0.3, 0.4) is 0 Å². The van der Waals surface area contributed by atoms with Gasteiger partial charge in [-0.25, -0.2) is 4.79 Å². The van der Waals surface area contributed by atoms with E-state index in [4.69, 9.17) is 26.2 Å². The molecule has 2 aromatic rings. The number of ether oxygens (including phenoxy) is 1. The summed E-state index contributed by atoms with van der Waals surface area (Å²) in [6, 6.07) is 8.76. The fourth-order valence-electron chi connectivity index (χ4n) is 3.67. The van der Waals surface area contributed by atoms with Crippen molar-refractivity contribution in [3.05, 3.63) is 53.3 Å². The molecule has 0 bridgehead atoms. The SMILES string of the molecule is O=C(O)C(F)(F)F.O=C(c1cc(Cl)cc(OCCNc2ccncc2)c1)N(CC(O)CO)C1CCCC1. The summed E-state index contributed by atoms with van der Waals surface area (Å²) in [5.41, 5.74) is 1.36. The number of nitrogens with zero attached hydrogens (tertiary/aromatic N) is 2. The number of pyridine rings is 1. The minimum absolute atomic E-state index is 0.0617. The van der Waals surface area contributed by atoms with Crippen LogP contribution >= 0.6 is 11.6 Å². The highest BCUT2D eigenvalue weighted by Crippen LogP contribution is 2.28. The second kappa shape index (κ2) is 14.6. The Bertz CT molecular complexity index is 1010. The number of aliphatic hydroxyl groups is 2. The number of hydrogen-bond acceptors (Lipinski definition) is 7. The molecule has 1 amide bonds. The number of aliphatic hydroxyl groups excluding tert-OH is 2. The molecule has 1 aliphatic rings. The Labute approximate surface area is 216 Å². The van der Waals surface area contributed by atoms with Gasteiger partial charge in [0.1, 0.15) is 12.4 Å². The number of halogens is 4. The average molecular weight is 548 g/mol. The number of benzene rings is 1. The third-order valence-corrected chi connectivity index (χ3v) is 5.60. The molecule has 1 heterocycles. The Morgan fingerprint density at radius 3 is 2.38 bits per heavy atom. The van der Waals surface area contributed by atoms with Gasteiger partial charge in [0.15, 0.2) is 0 Å². The monoisotopic (exact) mass is 547 g/mol. The molecular weight excluding hydrogens is 519 g/mol. The minimum Gasteiger partial charge on any atom is -0.492 e. The van der Waals surface area contributed by atoms with Crippen LogP contribution in [0.15, 0.2) is 42.7 Å². The molecule has 1 saturated carbocycles. The molecule has 1 unspecified atom stereocenters. The molecule has 204 valence electrons. The van der Waals surface area contributed by atoms with Gasteiger partial charge >= 0.3 is 12.1 Å². The van der Waals surface area contributed by atoms with Gasteiger partial charge in [0.25, 0.3) is 5.91 Å². The molecule has 1 aromatic carbocycles. The van der Waals surface area contributed by atoms with Crippen molar-refractivity contribution in [2.24, 2.45) is 0 Å². The van der Waals surface area contributed by atoms with E-state index in [2.05, 4.69) is 10.3 Å². The van der Waals surface area contributed by atoms with Crippen LogP contribution in [-0.4, -0.2) is 81.7 Å². The van der Waals surface area contributed by atoms with Crippen molar-refractivity contribution in [3.63, 3.8) is 0 Å². The summed E-state index contributed by atoms with van der Waals surface area (Å²) in [4.78, 5) is 27.7. The molecule has 1 fully saturated rings. The number of amides is 1. The van der Waals surface area contributed by atoms with E-state index in [1.165, 1.54) is 0 Å². The summed E-state index contributed by atoms with van der Waals surface area (Å²) in [7, 11) is 0. The summed E-state index contributed by atoms with van der Waals surface area (Å²) in [6.45, 7) is 0.687. The van der Waals surface area contributed by atoms with Gasteiger partial charge in [-0.05, 0) is 43.2 Å². The highest BCUT2D eigenvalue weighted by molar-refractivity contribution is 6.31. The number of rotatable bonds is 10. The summed E-state index contributed by atoms with van der Waals surface area (Å²) in [6.07, 6.45) is 1.27. The van der Waals surface area contributed by atoms with Crippen LogP contribution in [0.4, 0.5) is 18.9 Å². The van der Waals surface area contributed by atoms with Gasteiger partial charge in [0, 0.05) is 47.8 Å². The number of carboxylic acid groups (broad SMARTS) is 1. The van der Waals surface area contributed by atoms with Gasteiger partial charge < -0.3 is 30.3 Å². The minimum atomic E-state index is -5.08. The lowest BCUT2D eigenvalue weighted by Gasteiger charge is -2.30. The number of carbonyl (C=O) groups is 2. The van der Waals surface area contributed by atoms with Crippen LogP contribution in [0.5, 0.6) is 5.75 Å². The van der Waals surface area contributed by atoms with Gasteiger partial charge in [-0.15, -0.1) is 0 Å². The van der Waals surface area contributed by atoms with Crippen molar-refractivity contribution >= 4 is 29.2 Å². The highest BCUT2D eigenvalue weighted by Gasteiger charge is 2.38. The Morgan fingerprint density at radius 1 is 1.19 bits per heavy atom. The molecule has 13 heteroatoms. The summed E-state index contributed by atoms with van der Waals surface area (Å²) in [5.74, 6) is -2.46. The first-order valence-electron chi connectivity index (χ1n) is 11.5. The zero-order valence-corrected chi connectivity index (χ0v) is 20.6. The van der Waals surface area contributed by atoms with E-state index in [-0.39, 0.29) is 25.1 Å². The molecule has 1 aromatic heterocycles. The number of alkyl halides is 3. The molecule has 4 N–H and O–H groups in total. The summed E-state index contributed by atoms with van der Waals surface area (Å²) >= 11 is 6.24. The van der Waals surface area contributed by atoms with E-state index in [0.717, 1.165) is 31.4 Å². The first-order valence-corrected chi connectivity index (χ1v) is 11.9. The zero-order valence-electron chi connectivity index (χ0n) is 19.8. The standard InChI is InChI=1S/C22H28ClN3O4.C2HF3O2/c23-17-11-16(22(29)26(14-20(28)15-27)19-3-1-2-4-19)12-21(13-17)30-10-9-25-18-5-7-24-8-6-18;3-2(4,5)1(6)7/h5-8,11-13,19-20,27-28H,1-4,9-10,14-15H2,(H,24,25);(H,6,7). The quantitative estimate of drug-likeness (QED) is 0.332. The van der Waals surface area contributed by atoms with E-state index < -0.39 is 18.2 Å². The molecule has 0 saturated heterocycles.